The van der Waals surface area contributed by atoms with Gasteiger partial charge in [0.25, 0.3) is 0 Å². The highest BCUT2D eigenvalue weighted by atomic mass is 32.2. The molecule has 1 saturated carbocycles. The van der Waals surface area contributed by atoms with Crippen molar-refractivity contribution in [3.05, 3.63) is 0 Å². The van der Waals surface area contributed by atoms with Gasteiger partial charge in [-0.15, -0.1) is 0 Å². The normalized spacial score (nSPS) is 21.4. The summed E-state index contributed by atoms with van der Waals surface area (Å²) >= 11 is 2.07. The summed E-state index contributed by atoms with van der Waals surface area (Å²) in [6.45, 7) is 9.21. The van der Waals surface area contributed by atoms with E-state index in [1.807, 2.05) is 0 Å². The summed E-state index contributed by atoms with van der Waals surface area (Å²) in [5, 5.41) is 3.64. The van der Waals surface area contributed by atoms with Crippen LogP contribution in [0.4, 0.5) is 0 Å². The zero-order chi connectivity index (χ0) is 10.7. The molecule has 84 valence electrons. The second kappa shape index (κ2) is 4.89. The summed E-state index contributed by atoms with van der Waals surface area (Å²) in [6, 6.07) is 0. The van der Waals surface area contributed by atoms with Crippen LogP contribution in [0.15, 0.2) is 0 Å². The Morgan fingerprint density at radius 3 is 2.21 bits per heavy atom. The minimum Gasteiger partial charge on any atom is -0.315 e. The first-order valence-corrected chi connectivity index (χ1v) is 6.96. The lowest BCUT2D eigenvalue weighted by atomic mass is 9.96. The number of thioether (sulfide) groups is 1. The van der Waals surface area contributed by atoms with Crippen LogP contribution in [-0.4, -0.2) is 24.1 Å². The molecule has 0 aromatic rings. The molecule has 0 amide bonds. The Morgan fingerprint density at radius 2 is 1.79 bits per heavy atom. The van der Waals surface area contributed by atoms with Crippen LogP contribution >= 0.6 is 11.8 Å². The molecule has 1 N–H and O–H groups in total. The van der Waals surface area contributed by atoms with E-state index in [2.05, 4.69) is 44.1 Å². The fraction of sp³-hybridized carbons (Fsp3) is 1.00. The SMILES string of the molecule is CSC1(CNCC(C)(C)C)CCCC1. The molecule has 0 unspecified atom stereocenters. The third-order valence-electron chi connectivity index (χ3n) is 3.05. The zero-order valence-corrected chi connectivity index (χ0v) is 11.0. The first kappa shape index (κ1) is 12.4. The first-order chi connectivity index (χ1) is 6.47. The van der Waals surface area contributed by atoms with Crippen molar-refractivity contribution in [2.45, 2.75) is 51.2 Å². The Bertz CT molecular complexity index is 166. The van der Waals surface area contributed by atoms with Gasteiger partial charge in [0, 0.05) is 17.8 Å². The van der Waals surface area contributed by atoms with Crippen LogP contribution in [0.25, 0.3) is 0 Å². The average Bonchev–Trinajstić information content (AvgIpc) is 2.52. The lowest BCUT2D eigenvalue weighted by Gasteiger charge is -2.29. The van der Waals surface area contributed by atoms with E-state index in [1.54, 1.807) is 0 Å². The molecular formula is C12H25NS. The van der Waals surface area contributed by atoms with E-state index in [-0.39, 0.29) is 0 Å². The molecule has 1 rings (SSSR count). The van der Waals surface area contributed by atoms with Crippen LogP contribution in [0, 0.1) is 5.41 Å². The van der Waals surface area contributed by atoms with Crippen LogP contribution < -0.4 is 5.32 Å². The van der Waals surface area contributed by atoms with Gasteiger partial charge in [-0.2, -0.15) is 11.8 Å². The van der Waals surface area contributed by atoms with Crippen molar-refractivity contribution in [3.8, 4) is 0 Å². The molecule has 1 nitrogen and oxygen atoms in total. The molecule has 0 aliphatic heterocycles. The predicted octanol–water partition coefficient (Wildman–Crippen LogP) is 3.30. The molecular weight excluding hydrogens is 190 g/mol. The number of rotatable bonds is 4. The van der Waals surface area contributed by atoms with E-state index in [0.717, 1.165) is 6.54 Å². The number of hydrogen-bond acceptors (Lipinski definition) is 2. The second-order valence-electron chi connectivity index (χ2n) is 5.76. The van der Waals surface area contributed by atoms with Crippen molar-refractivity contribution in [2.75, 3.05) is 19.3 Å². The molecule has 1 aliphatic rings. The molecule has 0 saturated heterocycles. The Hall–Kier alpha value is 0.310. The molecule has 1 aliphatic carbocycles. The quantitative estimate of drug-likeness (QED) is 0.772. The highest BCUT2D eigenvalue weighted by Gasteiger charge is 2.32. The molecule has 0 heterocycles. The smallest absolute Gasteiger partial charge is 0.0281 e. The maximum absolute atomic E-state index is 3.64. The lowest BCUT2D eigenvalue weighted by Crippen LogP contribution is -2.38. The number of nitrogens with one attached hydrogen (secondary N) is 1. The van der Waals surface area contributed by atoms with Crippen molar-refractivity contribution in [3.63, 3.8) is 0 Å². The predicted molar refractivity (Wildman–Crippen MR) is 67.0 cm³/mol. The van der Waals surface area contributed by atoms with E-state index >= 15 is 0 Å². The summed E-state index contributed by atoms with van der Waals surface area (Å²) in [5.74, 6) is 0. The molecule has 1 fully saturated rings. The highest BCUT2D eigenvalue weighted by Crippen LogP contribution is 2.39. The molecule has 0 aromatic heterocycles. The van der Waals surface area contributed by atoms with Crippen molar-refractivity contribution in [1.29, 1.82) is 0 Å². The summed E-state index contributed by atoms with van der Waals surface area (Å²) in [5.41, 5.74) is 0.415. The van der Waals surface area contributed by atoms with Gasteiger partial charge in [0.15, 0.2) is 0 Å². The molecule has 2 heteroatoms. The fourth-order valence-corrected chi connectivity index (χ4v) is 3.08. The van der Waals surface area contributed by atoms with Gasteiger partial charge in [0.2, 0.25) is 0 Å². The third-order valence-corrected chi connectivity index (χ3v) is 4.47. The fourth-order valence-electron chi connectivity index (χ4n) is 2.14. The van der Waals surface area contributed by atoms with Gasteiger partial charge in [0.05, 0.1) is 0 Å². The molecule has 0 aromatic carbocycles. The monoisotopic (exact) mass is 215 g/mol. The second-order valence-corrected chi connectivity index (χ2v) is 7.03. The molecule has 14 heavy (non-hydrogen) atoms. The Morgan fingerprint density at radius 1 is 1.21 bits per heavy atom. The Balaban J connectivity index is 2.28. The summed E-state index contributed by atoms with van der Waals surface area (Å²) in [4.78, 5) is 0. The zero-order valence-electron chi connectivity index (χ0n) is 10.2. The minimum atomic E-state index is 0.415. The maximum Gasteiger partial charge on any atom is 0.0281 e. The Kier molecular flexibility index (Phi) is 4.32. The minimum absolute atomic E-state index is 0.415. The summed E-state index contributed by atoms with van der Waals surface area (Å²) in [6.07, 6.45) is 7.94. The van der Waals surface area contributed by atoms with Crippen molar-refractivity contribution < 1.29 is 0 Å². The van der Waals surface area contributed by atoms with Gasteiger partial charge < -0.3 is 5.32 Å². The van der Waals surface area contributed by atoms with Crippen LogP contribution in [-0.2, 0) is 0 Å². The van der Waals surface area contributed by atoms with E-state index in [9.17, 15) is 0 Å². The van der Waals surface area contributed by atoms with Gasteiger partial charge in [-0.25, -0.2) is 0 Å². The largest absolute Gasteiger partial charge is 0.315 e. The van der Waals surface area contributed by atoms with Gasteiger partial charge >= 0.3 is 0 Å². The van der Waals surface area contributed by atoms with Crippen LogP contribution in [0.2, 0.25) is 0 Å². The summed E-state index contributed by atoms with van der Waals surface area (Å²) in [7, 11) is 0. The number of hydrogen-bond donors (Lipinski definition) is 1. The average molecular weight is 215 g/mol. The van der Waals surface area contributed by atoms with Crippen LogP contribution in [0.3, 0.4) is 0 Å². The first-order valence-electron chi connectivity index (χ1n) is 5.73. The molecule has 0 bridgehead atoms. The van der Waals surface area contributed by atoms with E-state index in [0.29, 0.717) is 10.2 Å². The summed E-state index contributed by atoms with van der Waals surface area (Å²) < 4.78 is 0.561. The highest BCUT2D eigenvalue weighted by molar-refractivity contribution is 8.00. The van der Waals surface area contributed by atoms with E-state index in [4.69, 9.17) is 0 Å². The van der Waals surface area contributed by atoms with E-state index < -0.39 is 0 Å². The van der Waals surface area contributed by atoms with Gasteiger partial charge in [0.1, 0.15) is 0 Å². The third kappa shape index (κ3) is 3.82. The van der Waals surface area contributed by atoms with Crippen LogP contribution in [0.1, 0.15) is 46.5 Å². The van der Waals surface area contributed by atoms with Crippen molar-refractivity contribution in [1.82, 2.24) is 5.32 Å². The lowest BCUT2D eigenvalue weighted by molar-refractivity contribution is 0.367. The Labute approximate surface area is 93.4 Å². The molecule has 0 atom stereocenters. The topological polar surface area (TPSA) is 12.0 Å². The van der Waals surface area contributed by atoms with E-state index in [1.165, 1.54) is 32.2 Å². The van der Waals surface area contributed by atoms with Gasteiger partial charge in [-0.1, -0.05) is 33.6 Å². The van der Waals surface area contributed by atoms with Gasteiger partial charge in [-0.05, 0) is 24.5 Å². The van der Waals surface area contributed by atoms with Crippen molar-refractivity contribution in [2.24, 2.45) is 5.41 Å². The maximum atomic E-state index is 3.64. The molecule has 0 spiro atoms. The van der Waals surface area contributed by atoms with Crippen molar-refractivity contribution >= 4 is 11.8 Å². The van der Waals surface area contributed by atoms with Crippen LogP contribution in [0.5, 0.6) is 0 Å². The standard InChI is InChI=1S/C12H25NS/c1-11(2,3)9-13-10-12(14-4)7-5-6-8-12/h13H,5-10H2,1-4H3. The van der Waals surface area contributed by atoms with Gasteiger partial charge in [-0.3, -0.25) is 0 Å². The molecule has 0 radical (unpaired) electrons.